The Bertz CT molecular complexity index is 1150. The minimum atomic E-state index is -4.12. The van der Waals surface area contributed by atoms with E-state index < -0.39 is 21.3 Å². The van der Waals surface area contributed by atoms with Crippen LogP contribution in [-0.4, -0.2) is 56.4 Å². The third kappa shape index (κ3) is 4.36. The summed E-state index contributed by atoms with van der Waals surface area (Å²) in [6.45, 7) is 9.35. The first-order valence-electron chi connectivity index (χ1n) is 11.5. The van der Waals surface area contributed by atoms with E-state index in [1.165, 1.54) is 6.20 Å². The van der Waals surface area contributed by atoms with E-state index in [-0.39, 0.29) is 4.90 Å². The zero-order valence-corrected chi connectivity index (χ0v) is 20.9. The van der Waals surface area contributed by atoms with Crippen LogP contribution in [0.1, 0.15) is 44.7 Å². The number of pyridine rings is 1. The quantitative estimate of drug-likeness (QED) is 0.668. The van der Waals surface area contributed by atoms with Crippen molar-refractivity contribution in [2.75, 3.05) is 31.1 Å². The van der Waals surface area contributed by atoms with E-state index in [0.29, 0.717) is 49.1 Å². The summed E-state index contributed by atoms with van der Waals surface area (Å²) in [5, 5.41) is 0.619. The Morgan fingerprint density at radius 3 is 2.61 bits per heavy atom. The van der Waals surface area contributed by atoms with E-state index in [2.05, 4.69) is 33.4 Å². The Balaban J connectivity index is 1.61. The molecule has 1 N–H and O–H groups in total. The molecule has 0 spiro atoms. The second-order valence-electron chi connectivity index (χ2n) is 9.10. The van der Waals surface area contributed by atoms with Crippen LogP contribution in [0.4, 0.5) is 5.69 Å². The van der Waals surface area contributed by atoms with Gasteiger partial charge in [-0.15, -0.1) is 0 Å². The van der Waals surface area contributed by atoms with Gasteiger partial charge >= 0.3 is 0 Å². The Morgan fingerprint density at radius 2 is 1.94 bits per heavy atom. The molecule has 2 aliphatic rings. The number of sulfonamides is 1. The number of carbonyl (C=O) groups is 1. The maximum absolute atomic E-state index is 13.5. The molecule has 1 aromatic carbocycles. The summed E-state index contributed by atoms with van der Waals surface area (Å²) in [7, 11) is -4.12. The van der Waals surface area contributed by atoms with E-state index >= 15 is 0 Å². The van der Waals surface area contributed by atoms with Crippen molar-refractivity contribution < 1.29 is 13.2 Å². The highest BCUT2D eigenvalue weighted by molar-refractivity contribution is 7.90. The molecule has 2 heterocycles. The molecular formula is C24H31ClN4O3S. The van der Waals surface area contributed by atoms with E-state index in [9.17, 15) is 13.2 Å². The number of piperazine rings is 1. The molecule has 7 nitrogen and oxygen atoms in total. The molecule has 1 saturated heterocycles. The predicted molar refractivity (Wildman–Crippen MR) is 130 cm³/mol. The number of nitrogens with zero attached hydrogens (tertiary/aromatic N) is 3. The normalized spacial score (nSPS) is 21.3. The van der Waals surface area contributed by atoms with Crippen molar-refractivity contribution in [3.05, 3.63) is 52.8 Å². The topological polar surface area (TPSA) is 82.6 Å². The van der Waals surface area contributed by atoms with Gasteiger partial charge in [-0.05, 0) is 56.4 Å². The van der Waals surface area contributed by atoms with Gasteiger partial charge in [0.1, 0.15) is 4.90 Å². The molecule has 33 heavy (non-hydrogen) atoms. The van der Waals surface area contributed by atoms with Gasteiger partial charge in [0.25, 0.3) is 10.0 Å². The maximum Gasteiger partial charge on any atom is 0.267 e. The number of rotatable bonds is 6. The zero-order chi connectivity index (χ0) is 23.8. The van der Waals surface area contributed by atoms with Gasteiger partial charge in [-0.2, -0.15) is 0 Å². The summed E-state index contributed by atoms with van der Waals surface area (Å²) in [4.78, 5) is 22.0. The fourth-order valence-electron chi connectivity index (χ4n) is 5.09. The van der Waals surface area contributed by atoms with Crippen molar-refractivity contribution in [1.82, 2.24) is 14.6 Å². The number of hydrogen-bond donors (Lipinski definition) is 1. The Hall–Kier alpha value is -2.16. The van der Waals surface area contributed by atoms with Crippen LogP contribution in [0.3, 0.4) is 0 Å². The number of fused-ring (bicyclic) bond motifs is 1. The Labute approximate surface area is 201 Å². The highest BCUT2D eigenvalue weighted by Gasteiger charge is 2.46. The minimum absolute atomic E-state index is 0.0342. The van der Waals surface area contributed by atoms with Gasteiger partial charge in [0.05, 0.1) is 11.1 Å². The molecule has 1 amide bonds. The van der Waals surface area contributed by atoms with Crippen LogP contribution in [0.15, 0.2) is 41.6 Å². The third-order valence-corrected chi connectivity index (χ3v) is 8.84. The van der Waals surface area contributed by atoms with Gasteiger partial charge in [-0.1, -0.05) is 30.7 Å². The van der Waals surface area contributed by atoms with Gasteiger partial charge < -0.3 is 4.90 Å². The van der Waals surface area contributed by atoms with Crippen molar-refractivity contribution in [3.8, 4) is 0 Å². The molecule has 0 saturated carbocycles. The number of aromatic nitrogens is 1. The number of carbonyl (C=O) groups excluding carboxylic acids is 1. The molecule has 4 rings (SSSR count). The van der Waals surface area contributed by atoms with Gasteiger partial charge in [0.2, 0.25) is 5.91 Å². The molecule has 0 radical (unpaired) electrons. The lowest BCUT2D eigenvalue weighted by Crippen LogP contribution is -2.49. The Kier molecular flexibility index (Phi) is 6.71. The number of hydrogen-bond acceptors (Lipinski definition) is 6. The van der Waals surface area contributed by atoms with Crippen molar-refractivity contribution in [2.24, 2.45) is 0 Å². The summed E-state index contributed by atoms with van der Waals surface area (Å²) in [6, 6.07) is 7.66. The molecule has 178 valence electrons. The summed E-state index contributed by atoms with van der Waals surface area (Å²) < 4.78 is 29.3. The van der Waals surface area contributed by atoms with Crippen LogP contribution in [0, 0.1) is 0 Å². The fraction of sp³-hybridized carbons (Fsp3) is 0.500. The zero-order valence-electron chi connectivity index (χ0n) is 19.3. The smallest absolute Gasteiger partial charge is 0.267 e. The van der Waals surface area contributed by atoms with E-state index in [1.807, 2.05) is 25.1 Å². The summed E-state index contributed by atoms with van der Waals surface area (Å²) in [5.74, 6) is -0.509. The minimum Gasteiger partial charge on any atom is -0.368 e. The standard InChI is InChI=1S/C24H31ClN4O3S/c1-4-24(10-8-18-19(24)6-5-7-20(18)25)23(30)27-33(31,32)22-16-26-11-9-21(22)29-14-12-28(13-15-29)17(2)3/h5-7,9,11,16-17H,4,8,10,12-15H2,1-3H3,(H,27,30). The van der Waals surface area contributed by atoms with Gasteiger partial charge in [-0.25, -0.2) is 13.1 Å². The van der Waals surface area contributed by atoms with Crippen molar-refractivity contribution in [1.29, 1.82) is 0 Å². The Morgan fingerprint density at radius 1 is 1.21 bits per heavy atom. The average Bonchev–Trinajstić information content (AvgIpc) is 3.20. The lowest BCUT2D eigenvalue weighted by Gasteiger charge is -2.38. The number of halogens is 1. The van der Waals surface area contributed by atoms with Crippen molar-refractivity contribution in [2.45, 2.75) is 56.4 Å². The monoisotopic (exact) mass is 490 g/mol. The highest BCUT2D eigenvalue weighted by atomic mass is 35.5. The number of amides is 1. The maximum atomic E-state index is 13.5. The molecule has 1 unspecified atom stereocenters. The molecule has 0 bridgehead atoms. The second-order valence-corrected chi connectivity index (χ2v) is 11.2. The van der Waals surface area contributed by atoms with E-state index in [0.717, 1.165) is 24.2 Å². The van der Waals surface area contributed by atoms with Crippen molar-refractivity contribution in [3.63, 3.8) is 0 Å². The summed E-state index contributed by atoms with van der Waals surface area (Å²) in [6.07, 6.45) is 4.58. The van der Waals surface area contributed by atoms with Crippen LogP contribution < -0.4 is 9.62 Å². The SMILES string of the molecule is CCC1(C(=O)NS(=O)(=O)c2cnccc2N2CCN(C(C)C)CC2)CCc2c(Cl)cccc21. The molecule has 1 aliphatic heterocycles. The first-order valence-corrected chi connectivity index (χ1v) is 13.3. The number of nitrogens with one attached hydrogen (secondary N) is 1. The molecule has 2 aromatic rings. The highest BCUT2D eigenvalue weighted by Crippen LogP contribution is 2.44. The van der Waals surface area contributed by atoms with Gasteiger partial charge in [0.15, 0.2) is 0 Å². The fourth-order valence-corrected chi connectivity index (χ4v) is 6.58. The largest absolute Gasteiger partial charge is 0.368 e. The van der Waals surface area contributed by atoms with Crippen LogP contribution in [0.25, 0.3) is 0 Å². The number of anilines is 1. The summed E-state index contributed by atoms with van der Waals surface area (Å²) >= 11 is 6.36. The van der Waals surface area contributed by atoms with Gasteiger partial charge in [-0.3, -0.25) is 14.7 Å². The van der Waals surface area contributed by atoms with E-state index in [1.54, 1.807) is 12.3 Å². The first-order chi connectivity index (χ1) is 15.7. The lowest BCUT2D eigenvalue weighted by atomic mass is 9.79. The molecule has 1 aromatic heterocycles. The molecular weight excluding hydrogens is 460 g/mol. The molecule has 1 atom stereocenters. The molecule has 1 fully saturated rings. The summed E-state index contributed by atoms with van der Waals surface area (Å²) in [5.41, 5.74) is 1.41. The third-order valence-electron chi connectivity index (χ3n) is 7.14. The molecule has 1 aliphatic carbocycles. The predicted octanol–water partition coefficient (Wildman–Crippen LogP) is 3.36. The van der Waals surface area contributed by atoms with Crippen molar-refractivity contribution >= 4 is 33.2 Å². The average molecular weight is 491 g/mol. The second kappa shape index (κ2) is 9.24. The van der Waals surface area contributed by atoms with E-state index in [4.69, 9.17) is 11.6 Å². The molecule has 9 heteroatoms. The first kappa shape index (κ1) is 24.0. The lowest BCUT2D eigenvalue weighted by molar-refractivity contribution is -0.125. The number of benzene rings is 1. The van der Waals surface area contributed by atoms with Gasteiger partial charge in [0, 0.05) is 49.6 Å². The van der Waals surface area contributed by atoms with Crippen LogP contribution in [0.2, 0.25) is 5.02 Å². The van der Waals surface area contributed by atoms with Crippen LogP contribution >= 0.6 is 11.6 Å². The van der Waals surface area contributed by atoms with Crippen LogP contribution in [0.5, 0.6) is 0 Å². The van der Waals surface area contributed by atoms with Crippen LogP contribution in [-0.2, 0) is 26.7 Å².